The Hall–Kier alpha value is -4.97. The molecule has 6 nitrogen and oxygen atoms in total. The Bertz CT molecular complexity index is 1640. The lowest BCUT2D eigenvalue weighted by Gasteiger charge is -2.18. The molecule has 71 heavy (non-hydrogen) atoms. The Morgan fingerprint density at radius 3 is 0.930 bits per heavy atom. The van der Waals surface area contributed by atoms with Crippen molar-refractivity contribution in [3.8, 4) is 0 Å². The van der Waals surface area contributed by atoms with Crippen molar-refractivity contribution < 1.29 is 28.6 Å². The van der Waals surface area contributed by atoms with Crippen LogP contribution in [0.3, 0.4) is 0 Å². The summed E-state index contributed by atoms with van der Waals surface area (Å²) < 4.78 is 16.7. The molecular weight excluding hydrogens is 877 g/mol. The molecule has 0 aromatic rings. The van der Waals surface area contributed by atoms with Gasteiger partial charge in [0.25, 0.3) is 0 Å². The second kappa shape index (κ2) is 57.6. The number of hydrogen-bond acceptors (Lipinski definition) is 6. The van der Waals surface area contributed by atoms with Gasteiger partial charge >= 0.3 is 17.9 Å². The smallest absolute Gasteiger partial charge is 0.306 e. The maximum Gasteiger partial charge on any atom is 0.306 e. The van der Waals surface area contributed by atoms with E-state index in [2.05, 4.69) is 167 Å². The van der Waals surface area contributed by atoms with E-state index in [0.29, 0.717) is 19.3 Å². The lowest BCUT2D eigenvalue weighted by molar-refractivity contribution is -0.166. The van der Waals surface area contributed by atoms with Gasteiger partial charge in [-0.05, 0) is 135 Å². The van der Waals surface area contributed by atoms with Crippen LogP contribution in [-0.4, -0.2) is 37.2 Å². The Morgan fingerprint density at radius 2 is 0.577 bits per heavy atom. The van der Waals surface area contributed by atoms with Crippen molar-refractivity contribution in [3.63, 3.8) is 0 Å². The van der Waals surface area contributed by atoms with Crippen LogP contribution in [0, 0.1) is 0 Å². The quantitative estimate of drug-likeness (QED) is 0.0262. The van der Waals surface area contributed by atoms with Crippen molar-refractivity contribution >= 4 is 17.9 Å². The van der Waals surface area contributed by atoms with E-state index in [9.17, 15) is 14.4 Å². The topological polar surface area (TPSA) is 78.9 Å². The number of carbonyl (C=O) groups excluding carboxylic acids is 3. The number of unbranched alkanes of at least 4 members (excludes halogenated alkanes) is 11. The van der Waals surface area contributed by atoms with Crippen LogP contribution in [0.25, 0.3) is 0 Å². The van der Waals surface area contributed by atoms with Gasteiger partial charge in [0, 0.05) is 19.3 Å². The first-order valence-electron chi connectivity index (χ1n) is 28.0. The zero-order valence-corrected chi connectivity index (χ0v) is 45.2. The third-order valence-corrected chi connectivity index (χ3v) is 11.0. The Labute approximate surface area is 435 Å². The van der Waals surface area contributed by atoms with E-state index in [1.54, 1.807) is 0 Å². The summed E-state index contributed by atoms with van der Waals surface area (Å²) in [5, 5.41) is 0. The third-order valence-electron chi connectivity index (χ3n) is 11.0. The lowest BCUT2D eigenvalue weighted by atomic mass is 10.1. The third kappa shape index (κ3) is 55.8. The van der Waals surface area contributed by atoms with Crippen LogP contribution in [0.15, 0.2) is 158 Å². The van der Waals surface area contributed by atoms with Gasteiger partial charge in [0.05, 0.1) is 0 Å². The van der Waals surface area contributed by atoms with Gasteiger partial charge in [-0.2, -0.15) is 0 Å². The Kier molecular flexibility index (Phi) is 53.6. The SMILES string of the molecule is CC/C=C\C/C=C\C/C=C\C/C=C\C/C=C\CCCCCC(=O)OC[C@H](COC(=O)CCCCCCC/C=C\C/C=C\C/C=C\CC)OC(=O)CC/C=C\C/C=C\C/C=C\C/C=C\C/C=C\CCCCC. The summed E-state index contributed by atoms with van der Waals surface area (Å²) in [7, 11) is 0. The van der Waals surface area contributed by atoms with Gasteiger partial charge in [0.15, 0.2) is 6.10 Å². The predicted molar refractivity (Wildman–Crippen MR) is 306 cm³/mol. The number of rotatable bonds is 48. The van der Waals surface area contributed by atoms with Crippen molar-refractivity contribution in [2.75, 3.05) is 13.2 Å². The van der Waals surface area contributed by atoms with E-state index in [1.165, 1.54) is 25.7 Å². The fraction of sp³-hybridized carbons (Fsp3) is 0.554. The first-order chi connectivity index (χ1) is 35.0. The maximum atomic E-state index is 12.8. The van der Waals surface area contributed by atoms with Gasteiger partial charge in [0.2, 0.25) is 0 Å². The largest absolute Gasteiger partial charge is 0.462 e. The highest BCUT2D eigenvalue weighted by atomic mass is 16.6. The molecule has 0 N–H and O–H groups in total. The molecule has 0 fully saturated rings. The van der Waals surface area contributed by atoms with Gasteiger partial charge in [-0.25, -0.2) is 0 Å². The van der Waals surface area contributed by atoms with Crippen LogP contribution in [0.1, 0.15) is 213 Å². The fourth-order valence-electron chi connectivity index (χ4n) is 6.88. The van der Waals surface area contributed by atoms with E-state index in [4.69, 9.17) is 14.2 Å². The van der Waals surface area contributed by atoms with Crippen LogP contribution in [0.4, 0.5) is 0 Å². The van der Waals surface area contributed by atoms with E-state index >= 15 is 0 Å². The molecule has 0 saturated heterocycles. The normalized spacial score (nSPS) is 13.3. The van der Waals surface area contributed by atoms with Gasteiger partial charge in [-0.15, -0.1) is 0 Å². The summed E-state index contributed by atoms with van der Waals surface area (Å²) in [5.74, 6) is -1.08. The zero-order valence-electron chi connectivity index (χ0n) is 45.2. The summed E-state index contributed by atoms with van der Waals surface area (Å²) in [6.45, 7) is 6.26. The van der Waals surface area contributed by atoms with Crippen molar-refractivity contribution in [3.05, 3.63) is 158 Å². The van der Waals surface area contributed by atoms with E-state index in [-0.39, 0.29) is 31.6 Å². The molecule has 396 valence electrons. The molecule has 1 atom stereocenters. The molecule has 0 rings (SSSR count). The molecule has 0 unspecified atom stereocenters. The summed E-state index contributed by atoms with van der Waals surface area (Å²) in [5.41, 5.74) is 0. The van der Waals surface area contributed by atoms with E-state index < -0.39 is 12.1 Å². The van der Waals surface area contributed by atoms with Crippen LogP contribution >= 0.6 is 0 Å². The second-order valence-corrected chi connectivity index (χ2v) is 17.7. The Balaban J connectivity index is 4.63. The second-order valence-electron chi connectivity index (χ2n) is 17.7. The molecule has 0 heterocycles. The van der Waals surface area contributed by atoms with Crippen molar-refractivity contribution in [2.45, 2.75) is 219 Å². The average molecular weight is 978 g/mol. The van der Waals surface area contributed by atoms with Gasteiger partial charge in [0.1, 0.15) is 13.2 Å². The molecule has 0 aliphatic rings. The molecule has 6 heteroatoms. The number of esters is 3. The molecular formula is C65H100O6. The summed E-state index contributed by atoms with van der Waals surface area (Å²) in [4.78, 5) is 38.1. The van der Waals surface area contributed by atoms with Gasteiger partial charge in [-0.3, -0.25) is 14.4 Å². The minimum atomic E-state index is -0.847. The molecule has 0 saturated carbocycles. The number of allylic oxidation sites excluding steroid dienone is 26. The van der Waals surface area contributed by atoms with Crippen molar-refractivity contribution in [2.24, 2.45) is 0 Å². The fourth-order valence-corrected chi connectivity index (χ4v) is 6.88. The summed E-state index contributed by atoms with van der Waals surface area (Å²) in [6, 6.07) is 0. The molecule has 0 aliphatic carbocycles. The van der Waals surface area contributed by atoms with E-state index in [1.807, 2.05) is 12.2 Å². The van der Waals surface area contributed by atoms with Crippen LogP contribution in [0.5, 0.6) is 0 Å². The summed E-state index contributed by atoms with van der Waals surface area (Å²) in [6.07, 6.45) is 83.8. The maximum absolute atomic E-state index is 12.8. The molecule has 0 aromatic heterocycles. The van der Waals surface area contributed by atoms with Crippen molar-refractivity contribution in [1.82, 2.24) is 0 Å². The summed E-state index contributed by atoms with van der Waals surface area (Å²) >= 11 is 0. The highest BCUT2D eigenvalue weighted by molar-refractivity contribution is 5.71. The van der Waals surface area contributed by atoms with Crippen LogP contribution in [0.2, 0.25) is 0 Å². The van der Waals surface area contributed by atoms with Crippen LogP contribution in [-0.2, 0) is 28.6 Å². The number of ether oxygens (including phenoxy) is 3. The molecule has 0 amide bonds. The molecule has 0 aliphatic heterocycles. The number of carbonyl (C=O) groups is 3. The standard InChI is InChI=1S/C65H100O6/c1-4-7-10-13-16-19-22-25-28-30-32-34-37-40-43-46-49-52-55-58-64(67)70-61-62(60-69-63(66)57-54-51-48-45-42-39-36-27-24-21-18-15-12-9-6-3)71-65(68)59-56-53-50-47-44-41-38-35-33-31-29-26-23-20-17-14-11-8-5-2/h7,9-10,12,16-21,25-29,32-36,40-41,43-44,50,53,62H,4-6,8,11,13-15,22-24,30-31,37-39,42,45-49,51-52,54-61H2,1-3H3/b10-7-,12-9-,19-16-,20-17-,21-18-,28-25-,29-26-,34-32-,35-33-,36-27-,43-40-,44-41-,53-50-/t62-/m0/s1. The van der Waals surface area contributed by atoms with Crippen LogP contribution < -0.4 is 0 Å². The van der Waals surface area contributed by atoms with Crippen molar-refractivity contribution in [1.29, 1.82) is 0 Å². The molecule has 0 radical (unpaired) electrons. The average Bonchev–Trinajstić information content (AvgIpc) is 3.37. The minimum absolute atomic E-state index is 0.135. The number of hydrogen-bond donors (Lipinski definition) is 0. The highest BCUT2D eigenvalue weighted by Crippen LogP contribution is 2.11. The first-order valence-corrected chi connectivity index (χ1v) is 28.0. The monoisotopic (exact) mass is 977 g/mol. The highest BCUT2D eigenvalue weighted by Gasteiger charge is 2.19. The molecule has 0 aromatic carbocycles. The molecule has 0 spiro atoms. The molecule has 0 bridgehead atoms. The lowest BCUT2D eigenvalue weighted by Crippen LogP contribution is -2.30. The Morgan fingerprint density at radius 1 is 0.296 bits per heavy atom. The predicted octanol–water partition coefficient (Wildman–Crippen LogP) is 19.0. The minimum Gasteiger partial charge on any atom is -0.462 e. The zero-order chi connectivity index (χ0) is 51.4. The van der Waals surface area contributed by atoms with E-state index in [0.717, 1.165) is 141 Å². The first kappa shape index (κ1) is 66.0. The van der Waals surface area contributed by atoms with Gasteiger partial charge < -0.3 is 14.2 Å². The van der Waals surface area contributed by atoms with Gasteiger partial charge in [-0.1, -0.05) is 217 Å².